The molecule has 1 heterocycles. The smallest absolute Gasteiger partial charge is 0.251 e. The van der Waals surface area contributed by atoms with E-state index in [1.54, 1.807) is 18.2 Å². The molecular weight excluding hydrogens is 264 g/mol. The molecule has 0 radical (unpaired) electrons. The van der Waals surface area contributed by atoms with Crippen molar-refractivity contribution in [2.75, 3.05) is 11.9 Å². The summed E-state index contributed by atoms with van der Waals surface area (Å²) >= 11 is 0. The fraction of sp³-hybridized carbons (Fsp3) is 0.235. The topological polar surface area (TPSA) is 61.4 Å². The van der Waals surface area contributed by atoms with Crippen LogP contribution < -0.4 is 10.6 Å². The number of rotatable bonds is 3. The summed E-state index contributed by atoms with van der Waals surface area (Å²) in [6.45, 7) is 1.45. The van der Waals surface area contributed by atoms with E-state index in [1.807, 2.05) is 12.1 Å². The Morgan fingerprint density at radius 2 is 2.10 bits per heavy atom. The van der Waals surface area contributed by atoms with E-state index < -0.39 is 0 Å². The van der Waals surface area contributed by atoms with Gasteiger partial charge in [0, 0.05) is 24.3 Å². The Morgan fingerprint density at radius 1 is 1.24 bits per heavy atom. The number of carbonyl (C=O) groups excluding carboxylic acids is 1. The number of aromatic hydroxyl groups is 1. The fourth-order valence-corrected chi connectivity index (χ4v) is 2.65. The van der Waals surface area contributed by atoms with Crippen molar-refractivity contribution in [3.05, 3.63) is 59.2 Å². The molecule has 3 rings (SSSR count). The summed E-state index contributed by atoms with van der Waals surface area (Å²) in [5, 5.41) is 15.7. The van der Waals surface area contributed by atoms with Crippen LogP contribution in [0, 0.1) is 0 Å². The van der Waals surface area contributed by atoms with Crippen molar-refractivity contribution in [2.24, 2.45) is 0 Å². The minimum atomic E-state index is -0.181. The monoisotopic (exact) mass is 282 g/mol. The number of anilines is 1. The molecule has 0 saturated heterocycles. The van der Waals surface area contributed by atoms with Crippen LogP contribution in [0.5, 0.6) is 5.75 Å². The molecular formula is C17H18N2O2. The summed E-state index contributed by atoms with van der Waals surface area (Å²) in [4.78, 5) is 12.1. The second-order valence-electron chi connectivity index (χ2n) is 5.21. The zero-order chi connectivity index (χ0) is 14.7. The molecule has 0 spiro atoms. The summed E-state index contributed by atoms with van der Waals surface area (Å²) < 4.78 is 0. The van der Waals surface area contributed by atoms with Gasteiger partial charge in [-0.2, -0.15) is 0 Å². The van der Waals surface area contributed by atoms with E-state index in [4.69, 9.17) is 0 Å². The molecule has 3 N–H and O–H groups in total. The minimum Gasteiger partial charge on any atom is -0.508 e. The van der Waals surface area contributed by atoms with Gasteiger partial charge in [0.15, 0.2) is 0 Å². The van der Waals surface area contributed by atoms with Crippen LogP contribution in [0.1, 0.15) is 27.9 Å². The SMILES string of the molecule is O=C(NCc1cccc2c1NCCC2)c1cccc(O)c1. The number of nitrogens with one attached hydrogen (secondary N) is 2. The number of carbonyl (C=O) groups is 1. The molecule has 0 bridgehead atoms. The molecule has 108 valence electrons. The summed E-state index contributed by atoms with van der Waals surface area (Å²) in [5.74, 6) is -0.0827. The van der Waals surface area contributed by atoms with Crippen LogP contribution in [0.4, 0.5) is 5.69 Å². The van der Waals surface area contributed by atoms with Gasteiger partial charge in [0.25, 0.3) is 5.91 Å². The van der Waals surface area contributed by atoms with Gasteiger partial charge in [-0.1, -0.05) is 24.3 Å². The zero-order valence-electron chi connectivity index (χ0n) is 11.7. The molecule has 21 heavy (non-hydrogen) atoms. The quantitative estimate of drug-likeness (QED) is 0.811. The molecule has 1 aliphatic rings. The Balaban J connectivity index is 1.72. The molecule has 2 aromatic rings. The predicted molar refractivity (Wildman–Crippen MR) is 82.5 cm³/mol. The van der Waals surface area contributed by atoms with Gasteiger partial charge in [-0.3, -0.25) is 4.79 Å². The number of phenols is 1. The number of amides is 1. The van der Waals surface area contributed by atoms with Crippen LogP contribution in [0.3, 0.4) is 0 Å². The molecule has 2 aromatic carbocycles. The number of hydrogen-bond acceptors (Lipinski definition) is 3. The molecule has 0 aliphatic carbocycles. The van der Waals surface area contributed by atoms with Gasteiger partial charge in [0.2, 0.25) is 0 Å². The van der Waals surface area contributed by atoms with E-state index in [2.05, 4.69) is 16.7 Å². The van der Waals surface area contributed by atoms with Crippen molar-refractivity contribution in [3.63, 3.8) is 0 Å². The Morgan fingerprint density at radius 3 is 2.95 bits per heavy atom. The zero-order valence-corrected chi connectivity index (χ0v) is 11.7. The lowest BCUT2D eigenvalue weighted by molar-refractivity contribution is 0.0950. The van der Waals surface area contributed by atoms with E-state index in [-0.39, 0.29) is 11.7 Å². The second-order valence-corrected chi connectivity index (χ2v) is 5.21. The first-order valence-electron chi connectivity index (χ1n) is 7.16. The molecule has 0 aromatic heterocycles. The van der Waals surface area contributed by atoms with Crippen LogP contribution in [-0.4, -0.2) is 17.6 Å². The molecule has 4 nitrogen and oxygen atoms in total. The average Bonchev–Trinajstić information content (AvgIpc) is 2.52. The summed E-state index contributed by atoms with van der Waals surface area (Å²) in [6.07, 6.45) is 2.22. The molecule has 0 unspecified atom stereocenters. The van der Waals surface area contributed by atoms with Gasteiger partial charge in [0.1, 0.15) is 5.75 Å². The average molecular weight is 282 g/mol. The maximum atomic E-state index is 12.1. The van der Waals surface area contributed by atoms with E-state index in [1.165, 1.54) is 11.6 Å². The third-order valence-electron chi connectivity index (χ3n) is 3.71. The molecule has 1 aliphatic heterocycles. The lowest BCUT2D eigenvalue weighted by atomic mass is 9.99. The van der Waals surface area contributed by atoms with Crippen molar-refractivity contribution >= 4 is 11.6 Å². The minimum absolute atomic E-state index is 0.0985. The fourth-order valence-electron chi connectivity index (χ4n) is 2.65. The van der Waals surface area contributed by atoms with E-state index in [0.717, 1.165) is 30.6 Å². The second kappa shape index (κ2) is 5.87. The van der Waals surface area contributed by atoms with Crippen LogP contribution in [-0.2, 0) is 13.0 Å². The number of phenolic OH excluding ortho intramolecular Hbond substituents is 1. The van der Waals surface area contributed by atoms with E-state index in [0.29, 0.717) is 12.1 Å². The first kappa shape index (κ1) is 13.5. The third kappa shape index (κ3) is 2.99. The van der Waals surface area contributed by atoms with Crippen molar-refractivity contribution in [1.29, 1.82) is 0 Å². The van der Waals surface area contributed by atoms with Gasteiger partial charge in [0.05, 0.1) is 0 Å². The Bertz CT molecular complexity index is 668. The predicted octanol–water partition coefficient (Wildman–Crippen LogP) is 2.68. The number of aryl methyl sites for hydroxylation is 1. The van der Waals surface area contributed by atoms with Crippen LogP contribution in [0.2, 0.25) is 0 Å². The number of benzene rings is 2. The number of para-hydroxylation sites is 1. The highest BCUT2D eigenvalue weighted by atomic mass is 16.3. The first-order valence-corrected chi connectivity index (χ1v) is 7.16. The highest BCUT2D eigenvalue weighted by molar-refractivity contribution is 5.94. The molecule has 4 heteroatoms. The molecule has 0 fully saturated rings. The molecule has 0 atom stereocenters. The highest BCUT2D eigenvalue weighted by Crippen LogP contribution is 2.25. The van der Waals surface area contributed by atoms with Crippen molar-refractivity contribution < 1.29 is 9.90 Å². The van der Waals surface area contributed by atoms with Crippen LogP contribution in [0.15, 0.2) is 42.5 Å². The van der Waals surface area contributed by atoms with Crippen molar-refractivity contribution in [1.82, 2.24) is 5.32 Å². The van der Waals surface area contributed by atoms with Gasteiger partial charge < -0.3 is 15.7 Å². The lowest BCUT2D eigenvalue weighted by Gasteiger charge is -2.21. The van der Waals surface area contributed by atoms with Crippen LogP contribution in [0.25, 0.3) is 0 Å². The Hall–Kier alpha value is -2.49. The van der Waals surface area contributed by atoms with E-state index in [9.17, 15) is 9.90 Å². The lowest BCUT2D eigenvalue weighted by Crippen LogP contribution is -2.24. The van der Waals surface area contributed by atoms with Gasteiger partial charge >= 0.3 is 0 Å². The van der Waals surface area contributed by atoms with Gasteiger partial charge in [-0.15, -0.1) is 0 Å². The summed E-state index contributed by atoms with van der Waals surface area (Å²) in [5.41, 5.74) is 4.03. The molecule has 0 saturated carbocycles. The highest BCUT2D eigenvalue weighted by Gasteiger charge is 2.13. The first-order chi connectivity index (χ1) is 10.2. The van der Waals surface area contributed by atoms with Crippen LogP contribution >= 0.6 is 0 Å². The standard InChI is InChI=1S/C17H18N2O2/c20-15-8-2-5-13(10-15)17(21)19-11-14-6-1-4-12-7-3-9-18-16(12)14/h1-2,4-6,8,10,18,20H,3,7,9,11H2,(H,19,21). The van der Waals surface area contributed by atoms with E-state index >= 15 is 0 Å². The summed E-state index contributed by atoms with van der Waals surface area (Å²) in [7, 11) is 0. The molecule has 1 amide bonds. The maximum Gasteiger partial charge on any atom is 0.251 e. The van der Waals surface area contributed by atoms with Crippen molar-refractivity contribution in [2.45, 2.75) is 19.4 Å². The largest absolute Gasteiger partial charge is 0.508 e. The normalized spacial score (nSPS) is 13.1. The summed E-state index contributed by atoms with van der Waals surface area (Å²) in [6, 6.07) is 12.6. The number of hydrogen-bond donors (Lipinski definition) is 3. The maximum absolute atomic E-state index is 12.1. The van der Waals surface area contributed by atoms with Crippen molar-refractivity contribution in [3.8, 4) is 5.75 Å². The van der Waals surface area contributed by atoms with Gasteiger partial charge in [-0.05, 0) is 42.2 Å². The number of fused-ring (bicyclic) bond motifs is 1. The Labute approximate surface area is 123 Å². The van der Waals surface area contributed by atoms with Gasteiger partial charge in [-0.25, -0.2) is 0 Å². The third-order valence-corrected chi connectivity index (χ3v) is 3.71. The Kier molecular flexibility index (Phi) is 3.77.